The van der Waals surface area contributed by atoms with E-state index in [-0.39, 0.29) is 0 Å². The maximum Gasteiger partial charge on any atom is 0.206 e. The SMILES string of the molecule is CCCCCc1nnc(NC(c2ccccc2)(c2ccccc2)c2ccccc2)s1. The number of aromatic nitrogens is 2. The summed E-state index contributed by atoms with van der Waals surface area (Å²) in [5.74, 6) is 0. The Morgan fingerprint density at radius 3 is 1.67 bits per heavy atom. The van der Waals surface area contributed by atoms with Crippen molar-refractivity contribution < 1.29 is 0 Å². The largest absolute Gasteiger partial charge is 0.342 e. The Morgan fingerprint density at radius 2 is 1.20 bits per heavy atom. The molecule has 0 spiro atoms. The summed E-state index contributed by atoms with van der Waals surface area (Å²) in [5, 5.41) is 14.7. The maximum absolute atomic E-state index is 4.51. The first-order valence-electron chi connectivity index (χ1n) is 10.6. The number of anilines is 1. The summed E-state index contributed by atoms with van der Waals surface area (Å²) in [6.07, 6.45) is 4.59. The van der Waals surface area contributed by atoms with E-state index in [1.54, 1.807) is 11.3 Å². The summed E-state index contributed by atoms with van der Waals surface area (Å²) < 4.78 is 0. The standard InChI is InChI=1S/C26H27N3S/c1-2-3-7-20-24-28-29-25(30-24)27-26(21-14-8-4-9-15-21,22-16-10-5-11-17-22)23-18-12-6-13-19-23/h4-6,8-19H,2-3,7,20H2,1H3,(H,27,29). The molecule has 3 nitrogen and oxygen atoms in total. The average molecular weight is 414 g/mol. The topological polar surface area (TPSA) is 37.8 Å². The second-order valence-corrected chi connectivity index (χ2v) is 8.49. The molecule has 1 aromatic heterocycles. The highest BCUT2D eigenvalue weighted by atomic mass is 32.1. The zero-order chi connectivity index (χ0) is 20.7. The number of nitrogens with one attached hydrogen (secondary N) is 1. The second-order valence-electron chi connectivity index (χ2n) is 7.43. The van der Waals surface area contributed by atoms with E-state index < -0.39 is 5.54 Å². The summed E-state index contributed by atoms with van der Waals surface area (Å²) in [7, 11) is 0. The van der Waals surface area contributed by atoms with Gasteiger partial charge in [-0.25, -0.2) is 0 Å². The normalized spacial score (nSPS) is 11.4. The van der Waals surface area contributed by atoms with Gasteiger partial charge in [-0.2, -0.15) is 0 Å². The summed E-state index contributed by atoms with van der Waals surface area (Å²) in [4.78, 5) is 0. The quantitative estimate of drug-likeness (QED) is 0.246. The van der Waals surface area contributed by atoms with Gasteiger partial charge >= 0.3 is 0 Å². The van der Waals surface area contributed by atoms with Gasteiger partial charge in [0.25, 0.3) is 0 Å². The third kappa shape index (κ3) is 4.29. The van der Waals surface area contributed by atoms with Crippen LogP contribution < -0.4 is 5.32 Å². The molecule has 4 heteroatoms. The highest BCUT2D eigenvalue weighted by Crippen LogP contribution is 2.40. The lowest BCUT2D eigenvalue weighted by atomic mass is 9.77. The van der Waals surface area contributed by atoms with Gasteiger partial charge in [0.2, 0.25) is 5.13 Å². The van der Waals surface area contributed by atoms with Gasteiger partial charge in [-0.05, 0) is 23.1 Å². The molecule has 0 radical (unpaired) electrons. The fraction of sp³-hybridized carbons (Fsp3) is 0.231. The van der Waals surface area contributed by atoms with Gasteiger partial charge in [-0.15, -0.1) is 10.2 Å². The molecule has 0 aliphatic rings. The third-order valence-corrected chi connectivity index (χ3v) is 6.27. The van der Waals surface area contributed by atoms with Crippen molar-refractivity contribution in [3.63, 3.8) is 0 Å². The minimum absolute atomic E-state index is 0.552. The highest BCUT2D eigenvalue weighted by Gasteiger charge is 2.37. The van der Waals surface area contributed by atoms with Crippen LogP contribution in [0.25, 0.3) is 0 Å². The van der Waals surface area contributed by atoms with Crippen LogP contribution in [0.15, 0.2) is 91.0 Å². The number of nitrogens with zero attached hydrogens (tertiary/aromatic N) is 2. The average Bonchev–Trinajstić information content (AvgIpc) is 3.26. The van der Waals surface area contributed by atoms with Gasteiger partial charge in [-0.1, -0.05) is 122 Å². The van der Waals surface area contributed by atoms with Crippen LogP contribution in [0.1, 0.15) is 47.9 Å². The summed E-state index contributed by atoms with van der Waals surface area (Å²) >= 11 is 1.66. The zero-order valence-electron chi connectivity index (χ0n) is 17.3. The van der Waals surface area contributed by atoms with E-state index in [0.29, 0.717) is 0 Å². The fourth-order valence-electron chi connectivity index (χ4n) is 3.87. The molecule has 1 N–H and O–H groups in total. The van der Waals surface area contributed by atoms with E-state index in [0.717, 1.165) is 23.0 Å². The smallest absolute Gasteiger partial charge is 0.206 e. The molecule has 0 unspecified atom stereocenters. The Labute approximate surface area is 182 Å². The summed E-state index contributed by atoms with van der Waals surface area (Å²) in [6, 6.07) is 31.8. The van der Waals surface area contributed by atoms with Crippen LogP contribution in [0.5, 0.6) is 0 Å². The van der Waals surface area contributed by atoms with Gasteiger partial charge in [0, 0.05) is 6.42 Å². The number of unbranched alkanes of at least 4 members (excludes halogenated alkanes) is 2. The Hall–Kier alpha value is -2.98. The van der Waals surface area contributed by atoms with E-state index >= 15 is 0 Å². The Bertz CT molecular complexity index is 933. The molecule has 0 saturated heterocycles. The number of hydrogen-bond donors (Lipinski definition) is 1. The van der Waals surface area contributed by atoms with Gasteiger partial charge in [0.15, 0.2) is 0 Å². The van der Waals surface area contributed by atoms with Crippen LogP contribution >= 0.6 is 11.3 Å². The molecule has 152 valence electrons. The molecule has 0 aliphatic carbocycles. The monoisotopic (exact) mass is 413 g/mol. The Balaban J connectivity index is 1.81. The van der Waals surface area contributed by atoms with Crippen molar-refractivity contribution in [1.82, 2.24) is 10.2 Å². The van der Waals surface area contributed by atoms with Gasteiger partial charge in [0.05, 0.1) is 0 Å². The van der Waals surface area contributed by atoms with Gasteiger partial charge in [0.1, 0.15) is 10.5 Å². The number of rotatable bonds is 9. The maximum atomic E-state index is 4.51. The molecule has 30 heavy (non-hydrogen) atoms. The minimum Gasteiger partial charge on any atom is -0.342 e. The van der Waals surface area contributed by atoms with E-state index in [1.807, 2.05) is 0 Å². The molecule has 0 fully saturated rings. The molecule has 3 aromatic carbocycles. The highest BCUT2D eigenvalue weighted by molar-refractivity contribution is 7.15. The Kier molecular flexibility index (Phi) is 6.55. The molecule has 0 atom stereocenters. The van der Waals surface area contributed by atoms with Crippen LogP contribution in [0.3, 0.4) is 0 Å². The molecule has 0 saturated carbocycles. The van der Waals surface area contributed by atoms with Crippen molar-refractivity contribution >= 4 is 16.5 Å². The van der Waals surface area contributed by atoms with Crippen molar-refractivity contribution in [3.8, 4) is 0 Å². The molecule has 4 aromatic rings. The van der Waals surface area contributed by atoms with Crippen LogP contribution in [-0.4, -0.2) is 10.2 Å². The van der Waals surface area contributed by atoms with Gasteiger partial charge in [-0.3, -0.25) is 0 Å². The lowest BCUT2D eigenvalue weighted by Gasteiger charge is -2.36. The van der Waals surface area contributed by atoms with Crippen molar-refractivity contribution in [2.75, 3.05) is 5.32 Å². The molecule has 4 rings (SSSR count). The van der Waals surface area contributed by atoms with Gasteiger partial charge < -0.3 is 5.32 Å². The first-order chi connectivity index (χ1) is 14.8. The van der Waals surface area contributed by atoms with Crippen LogP contribution in [0.2, 0.25) is 0 Å². The summed E-state index contributed by atoms with van der Waals surface area (Å²) in [6.45, 7) is 2.22. The zero-order valence-corrected chi connectivity index (χ0v) is 18.1. The lowest BCUT2D eigenvalue weighted by Crippen LogP contribution is -2.38. The van der Waals surface area contributed by atoms with Crippen LogP contribution in [0.4, 0.5) is 5.13 Å². The first kappa shape index (κ1) is 20.3. The molecule has 0 bridgehead atoms. The number of hydrogen-bond acceptors (Lipinski definition) is 4. The number of aryl methyl sites for hydroxylation is 1. The number of benzene rings is 3. The van der Waals surface area contributed by atoms with E-state index in [9.17, 15) is 0 Å². The predicted molar refractivity (Wildman–Crippen MR) is 126 cm³/mol. The fourth-order valence-corrected chi connectivity index (χ4v) is 4.71. The van der Waals surface area contributed by atoms with Crippen molar-refractivity contribution in [2.24, 2.45) is 0 Å². The lowest BCUT2D eigenvalue weighted by molar-refractivity contribution is 0.703. The molecule has 0 aliphatic heterocycles. The third-order valence-electron chi connectivity index (χ3n) is 5.38. The molecule has 0 amide bonds. The van der Waals surface area contributed by atoms with E-state index in [1.165, 1.54) is 29.5 Å². The van der Waals surface area contributed by atoms with Crippen molar-refractivity contribution in [1.29, 1.82) is 0 Å². The first-order valence-corrected chi connectivity index (χ1v) is 11.4. The van der Waals surface area contributed by atoms with Crippen molar-refractivity contribution in [3.05, 3.63) is 113 Å². The van der Waals surface area contributed by atoms with Crippen LogP contribution in [-0.2, 0) is 12.0 Å². The molecular weight excluding hydrogens is 386 g/mol. The molecule has 1 heterocycles. The predicted octanol–water partition coefficient (Wildman–Crippen LogP) is 6.67. The van der Waals surface area contributed by atoms with Crippen LogP contribution in [0, 0.1) is 0 Å². The second kappa shape index (κ2) is 9.68. The van der Waals surface area contributed by atoms with E-state index in [2.05, 4.69) is 113 Å². The van der Waals surface area contributed by atoms with Crippen molar-refractivity contribution in [2.45, 2.75) is 38.1 Å². The Morgan fingerprint density at radius 1 is 0.700 bits per heavy atom. The molecular formula is C26H27N3S. The minimum atomic E-state index is -0.552. The summed E-state index contributed by atoms with van der Waals surface area (Å²) in [5.41, 5.74) is 2.96. The van der Waals surface area contributed by atoms with E-state index in [4.69, 9.17) is 0 Å².